The van der Waals surface area contributed by atoms with Crippen molar-refractivity contribution in [2.75, 3.05) is 13.1 Å². The second-order valence-corrected chi connectivity index (χ2v) is 11.6. The summed E-state index contributed by atoms with van der Waals surface area (Å²) >= 11 is 1.46. The lowest BCUT2D eigenvalue weighted by Gasteiger charge is -2.23. The van der Waals surface area contributed by atoms with Gasteiger partial charge in [-0.1, -0.05) is 59.9 Å². The molecule has 2 aromatic carbocycles. The van der Waals surface area contributed by atoms with E-state index < -0.39 is 0 Å². The number of benzene rings is 2. The van der Waals surface area contributed by atoms with Gasteiger partial charge in [0.05, 0.1) is 39.9 Å². The van der Waals surface area contributed by atoms with Crippen LogP contribution in [0.3, 0.4) is 0 Å². The smallest absolute Gasteiger partial charge is 0.283 e. The molecule has 1 aliphatic rings. The predicted octanol–water partition coefficient (Wildman–Crippen LogP) is 4.49. The zero-order valence-electron chi connectivity index (χ0n) is 23.2. The molecule has 1 aliphatic heterocycles. The van der Waals surface area contributed by atoms with Crippen molar-refractivity contribution in [3.63, 3.8) is 0 Å². The molecule has 10 heteroatoms. The minimum absolute atomic E-state index is 0.125. The monoisotopic (exact) mass is 578 g/mol. The number of pyridine rings is 2. The highest BCUT2D eigenvalue weighted by atomic mass is 32.1. The number of nitrogens with one attached hydrogen (secondary N) is 1. The van der Waals surface area contributed by atoms with Crippen molar-refractivity contribution in [1.29, 1.82) is 0 Å². The van der Waals surface area contributed by atoms with Gasteiger partial charge in [0.25, 0.3) is 11.1 Å². The Kier molecular flexibility index (Phi) is 6.93. The lowest BCUT2D eigenvalue weighted by Crippen LogP contribution is -2.34. The summed E-state index contributed by atoms with van der Waals surface area (Å²) in [6.45, 7) is 4.33. The van der Waals surface area contributed by atoms with Crippen LogP contribution in [0.4, 0.5) is 0 Å². The first-order chi connectivity index (χ1) is 20.5. The minimum Gasteiger partial charge on any atom is -0.474 e. The number of aryl methyl sites for hydroxylation is 1. The molecular weight excluding hydrogens is 548 g/mol. The molecule has 6 aromatic rings. The molecule has 0 radical (unpaired) electrons. The molecule has 7 rings (SSSR count). The molecule has 4 aromatic heterocycles. The summed E-state index contributed by atoms with van der Waals surface area (Å²) in [5, 5.41) is 4.40. The van der Waals surface area contributed by atoms with E-state index in [0.717, 1.165) is 41.7 Å². The second-order valence-electron chi connectivity index (χ2n) is 10.6. The number of ether oxygens (including phenoxy) is 1. The maximum Gasteiger partial charge on any atom is 0.283 e. The van der Waals surface area contributed by atoms with Crippen LogP contribution in [0.25, 0.3) is 26.3 Å². The van der Waals surface area contributed by atoms with Crippen LogP contribution in [0, 0.1) is 6.92 Å². The van der Waals surface area contributed by atoms with Gasteiger partial charge in [-0.25, -0.2) is 9.97 Å². The number of thiazole rings is 1. The predicted molar refractivity (Wildman–Crippen MR) is 165 cm³/mol. The summed E-state index contributed by atoms with van der Waals surface area (Å²) < 4.78 is 12.2. The SMILES string of the molecule is Cc1c2c(=O)n(-c3nc4ccccc4s3)n(Cc3ccccc3)c2cc(=O)n1Cc1cccc(OC2CCNCC2)n1. The number of para-hydroxylation sites is 1. The van der Waals surface area contributed by atoms with E-state index in [1.54, 1.807) is 15.3 Å². The van der Waals surface area contributed by atoms with Gasteiger partial charge in [0.2, 0.25) is 11.0 Å². The Bertz CT molecular complexity index is 1980. The largest absolute Gasteiger partial charge is 0.474 e. The van der Waals surface area contributed by atoms with E-state index in [0.29, 0.717) is 39.8 Å². The number of piperidine rings is 1. The molecule has 212 valence electrons. The first-order valence-electron chi connectivity index (χ1n) is 14.1. The lowest BCUT2D eigenvalue weighted by atomic mass is 10.1. The van der Waals surface area contributed by atoms with Crippen LogP contribution < -0.4 is 21.2 Å². The van der Waals surface area contributed by atoms with E-state index in [4.69, 9.17) is 14.7 Å². The molecule has 0 spiro atoms. The van der Waals surface area contributed by atoms with Crippen molar-refractivity contribution in [1.82, 2.24) is 29.2 Å². The van der Waals surface area contributed by atoms with Crippen molar-refractivity contribution in [2.24, 2.45) is 0 Å². The third-order valence-electron chi connectivity index (χ3n) is 7.79. The molecule has 1 N–H and O–H groups in total. The lowest BCUT2D eigenvalue weighted by molar-refractivity contribution is 0.155. The summed E-state index contributed by atoms with van der Waals surface area (Å²) in [4.78, 5) is 37.3. The van der Waals surface area contributed by atoms with Gasteiger partial charge in [0.1, 0.15) is 6.10 Å². The summed E-state index contributed by atoms with van der Waals surface area (Å²) in [6.07, 6.45) is 1.99. The third-order valence-corrected chi connectivity index (χ3v) is 8.80. The molecule has 0 unspecified atom stereocenters. The fraction of sp³-hybridized carbons (Fsp3) is 0.250. The molecular formula is C32H30N6O3S. The molecule has 0 atom stereocenters. The molecule has 1 fully saturated rings. The highest BCUT2D eigenvalue weighted by molar-refractivity contribution is 7.20. The van der Waals surface area contributed by atoms with Gasteiger partial charge < -0.3 is 14.6 Å². The first kappa shape index (κ1) is 26.4. The van der Waals surface area contributed by atoms with E-state index in [-0.39, 0.29) is 23.8 Å². The van der Waals surface area contributed by atoms with Crippen molar-refractivity contribution < 1.29 is 4.74 Å². The molecule has 42 heavy (non-hydrogen) atoms. The molecule has 5 heterocycles. The van der Waals surface area contributed by atoms with Gasteiger partial charge in [-0.3, -0.25) is 14.3 Å². The van der Waals surface area contributed by atoms with Gasteiger partial charge in [0, 0.05) is 17.8 Å². The van der Waals surface area contributed by atoms with Crippen LogP contribution in [0.2, 0.25) is 0 Å². The van der Waals surface area contributed by atoms with Gasteiger partial charge in [-0.2, -0.15) is 4.68 Å². The molecule has 0 amide bonds. The summed E-state index contributed by atoms with van der Waals surface area (Å²) in [6, 6.07) is 24.9. The standard InChI is InChI=1S/C32H30N6O3S/c1-21-30-26(18-29(39)36(21)20-23-10-7-13-28(34-23)41-24-14-16-33-17-15-24)37(19-22-8-3-2-4-9-22)38(31(30)40)32-35-25-11-5-6-12-27(25)42-32/h2-13,18,24,33H,14-17,19-20H2,1H3. The average molecular weight is 579 g/mol. The highest BCUT2D eigenvalue weighted by Crippen LogP contribution is 2.26. The van der Waals surface area contributed by atoms with Gasteiger partial charge in [-0.15, -0.1) is 0 Å². The summed E-state index contributed by atoms with van der Waals surface area (Å²) in [5.74, 6) is 0.554. The molecule has 9 nitrogen and oxygen atoms in total. The van der Waals surface area contributed by atoms with Crippen LogP contribution in [0.15, 0.2) is 88.5 Å². The zero-order chi connectivity index (χ0) is 28.6. The third kappa shape index (κ3) is 4.93. The number of nitrogens with zero attached hydrogens (tertiary/aromatic N) is 5. The number of aromatic nitrogens is 5. The van der Waals surface area contributed by atoms with Crippen LogP contribution in [0.1, 0.15) is 29.8 Å². The maximum absolute atomic E-state index is 14.2. The Morgan fingerprint density at radius 1 is 0.929 bits per heavy atom. The van der Waals surface area contributed by atoms with Crippen LogP contribution in [-0.4, -0.2) is 43.1 Å². The van der Waals surface area contributed by atoms with Gasteiger partial charge >= 0.3 is 0 Å². The van der Waals surface area contributed by atoms with Crippen molar-refractivity contribution in [3.05, 3.63) is 117 Å². The Labute approximate surface area is 245 Å². The Morgan fingerprint density at radius 2 is 1.71 bits per heavy atom. The molecule has 0 bridgehead atoms. The van der Waals surface area contributed by atoms with Crippen molar-refractivity contribution in [2.45, 2.75) is 39.0 Å². The van der Waals surface area contributed by atoms with Crippen LogP contribution in [0.5, 0.6) is 5.88 Å². The van der Waals surface area contributed by atoms with Gasteiger partial charge in [0.15, 0.2) is 0 Å². The fourth-order valence-electron chi connectivity index (χ4n) is 5.65. The minimum atomic E-state index is -0.206. The Balaban J connectivity index is 1.33. The van der Waals surface area contributed by atoms with E-state index in [1.807, 2.05) is 84.4 Å². The number of hydrogen-bond donors (Lipinski definition) is 1. The maximum atomic E-state index is 14.2. The van der Waals surface area contributed by atoms with Crippen molar-refractivity contribution in [3.8, 4) is 11.0 Å². The number of fused-ring (bicyclic) bond motifs is 2. The molecule has 1 saturated heterocycles. The second kappa shape index (κ2) is 11.0. The van der Waals surface area contributed by atoms with E-state index >= 15 is 0 Å². The number of hydrogen-bond acceptors (Lipinski definition) is 7. The highest BCUT2D eigenvalue weighted by Gasteiger charge is 2.22. The van der Waals surface area contributed by atoms with Crippen LogP contribution in [-0.2, 0) is 13.1 Å². The van der Waals surface area contributed by atoms with Gasteiger partial charge in [-0.05, 0) is 56.6 Å². The normalized spacial score (nSPS) is 14.1. The van der Waals surface area contributed by atoms with Crippen LogP contribution >= 0.6 is 11.3 Å². The first-order valence-corrected chi connectivity index (χ1v) is 15.0. The topological polar surface area (TPSA) is 96.0 Å². The molecule has 0 saturated carbocycles. The fourth-order valence-corrected chi connectivity index (χ4v) is 6.62. The molecule has 0 aliphatic carbocycles. The van der Waals surface area contributed by atoms with E-state index in [9.17, 15) is 9.59 Å². The average Bonchev–Trinajstić information content (AvgIpc) is 3.54. The summed E-state index contributed by atoms with van der Waals surface area (Å²) in [5.41, 5.74) is 3.31. The summed E-state index contributed by atoms with van der Waals surface area (Å²) in [7, 11) is 0. The quantitative estimate of drug-likeness (QED) is 0.300. The van der Waals surface area contributed by atoms with E-state index in [2.05, 4.69) is 5.32 Å². The Hall–Kier alpha value is -4.54. The zero-order valence-corrected chi connectivity index (χ0v) is 24.0. The number of rotatable bonds is 7. The Morgan fingerprint density at radius 3 is 2.52 bits per heavy atom. The van der Waals surface area contributed by atoms with E-state index in [1.165, 1.54) is 11.3 Å². The van der Waals surface area contributed by atoms with Crippen molar-refractivity contribution >= 4 is 32.5 Å².